The third-order valence-corrected chi connectivity index (χ3v) is 4.64. The van der Waals surface area contributed by atoms with Crippen LogP contribution in [0.25, 0.3) is 0 Å². The molecule has 3 nitrogen and oxygen atoms in total. The standard InChI is InChI=1S/C15H16O3S/c16-14(11-13-7-3-1-4-8-13)12-19(17,18)15-9-5-2-6-10-15/h1-10,14,16H,11-12H2/t14-/m0/s1. The maximum Gasteiger partial charge on any atom is 0.180 e. The van der Waals surface area contributed by atoms with Crippen molar-refractivity contribution in [2.75, 3.05) is 5.75 Å². The summed E-state index contributed by atoms with van der Waals surface area (Å²) >= 11 is 0. The highest BCUT2D eigenvalue weighted by Crippen LogP contribution is 2.13. The fourth-order valence-electron chi connectivity index (χ4n) is 1.92. The Bertz CT molecular complexity index is 606. The lowest BCUT2D eigenvalue weighted by Crippen LogP contribution is -2.23. The molecular formula is C15H16O3S. The molecule has 2 rings (SSSR count). The molecule has 0 amide bonds. The molecule has 2 aromatic carbocycles. The number of aliphatic hydroxyl groups excluding tert-OH is 1. The van der Waals surface area contributed by atoms with E-state index in [-0.39, 0.29) is 10.6 Å². The van der Waals surface area contributed by atoms with Crippen LogP contribution in [0.3, 0.4) is 0 Å². The molecule has 100 valence electrons. The van der Waals surface area contributed by atoms with Gasteiger partial charge in [-0.1, -0.05) is 48.5 Å². The first-order chi connectivity index (χ1) is 9.08. The summed E-state index contributed by atoms with van der Waals surface area (Å²) in [6, 6.07) is 17.6. The molecular weight excluding hydrogens is 260 g/mol. The first-order valence-electron chi connectivity index (χ1n) is 6.08. The summed E-state index contributed by atoms with van der Waals surface area (Å²) in [4.78, 5) is 0.252. The van der Waals surface area contributed by atoms with E-state index in [0.29, 0.717) is 6.42 Å². The van der Waals surface area contributed by atoms with Crippen molar-refractivity contribution in [3.63, 3.8) is 0 Å². The second-order valence-corrected chi connectivity index (χ2v) is 6.47. The molecule has 0 aliphatic rings. The van der Waals surface area contributed by atoms with Crippen molar-refractivity contribution in [1.29, 1.82) is 0 Å². The minimum absolute atomic E-state index is 0.252. The van der Waals surface area contributed by atoms with Crippen LogP contribution in [0.4, 0.5) is 0 Å². The highest BCUT2D eigenvalue weighted by atomic mass is 32.2. The number of aliphatic hydroxyl groups is 1. The smallest absolute Gasteiger partial charge is 0.180 e. The van der Waals surface area contributed by atoms with Crippen molar-refractivity contribution in [3.05, 3.63) is 66.2 Å². The van der Waals surface area contributed by atoms with Crippen LogP contribution in [0.5, 0.6) is 0 Å². The first kappa shape index (κ1) is 13.8. The quantitative estimate of drug-likeness (QED) is 0.909. The number of sulfone groups is 1. The van der Waals surface area contributed by atoms with Gasteiger partial charge in [0.2, 0.25) is 0 Å². The van der Waals surface area contributed by atoms with Crippen LogP contribution >= 0.6 is 0 Å². The van der Waals surface area contributed by atoms with E-state index in [4.69, 9.17) is 0 Å². The number of hydrogen-bond donors (Lipinski definition) is 1. The lowest BCUT2D eigenvalue weighted by molar-refractivity contribution is 0.198. The average molecular weight is 276 g/mol. The molecule has 0 aromatic heterocycles. The summed E-state index contributed by atoms with van der Waals surface area (Å²) in [6.45, 7) is 0. The maximum atomic E-state index is 12.1. The molecule has 1 atom stereocenters. The Morgan fingerprint density at radius 3 is 2.00 bits per heavy atom. The monoisotopic (exact) mass is 276 g/mol. The van der Waals surface area contributed by atoms with Crippen molar-refractivity contribution < 1.29 is 13.5 Å². The molecule has 0 aliphatic carbocycles. The zero-order valence-electron chi connectivity index (χ0n) is 10.4. The highest BCUT2D eigenvalue weighted by Gasteiger charge is 2.19. The molecule has 0 saturated carbocycles. The lowest BCUT2D eigenvalue weighted by Gasteiger charge is -2.11. The van der Waals surface area contributed by atoms with Crippen LogP contribution in [0.15, 0.2) is 65.6 Å². The van der Waals surface area contributed by atoms with E-state index >= 15 is 0 Å². The number of hydrogen-bond acceptors (Lipinski definition) is 3. The van der Waals surface area contributed by atoms with Crippen LogP contribution in [-0.2, 0) is 16.3 Å². The normalized spacial score (nSPS) is 13.1. The molecule has 0 unspecified atom stereocenters. The Morgan fingerprint density at radius 2 is 1.42 bits per heavy atom. The summed E-state index contributed by atoms with van der Waals surface area (Å²) in [5, 5.41) is 9.92. The Balaban J connectivity index is 2.05. The van der Waals surface area contributed by atoms with E-state index in [1.54, 1.807) is 30.3 Å². The second-order valence-electron chi connectivity index (χ2n) is 4.44. The second kappa shape index (κ2) is 5.99. The molecule has 0 spiro atoms. The molecule has 0 radical (unpaired) electrons. The summed E-state index contributed by atoms with van der Waals surface area (Å²) in [7, 11) is -3.43. The Kier molecular flexibility index (Phi) is 4.35. The number of benzene rings is 2. The average Bonchev–Trinajstić information content (AvgIpc) is 2.40. The van der Waals surface area contributed by atoms with Crippen molar-refractivity contribution in [3.8, 4) is 0 Å². The number of rotatable bonds is 5. The molecule has 0 aliphatic heterocycles. The fourth-order valence-corrected chi connectivity index (χ4v) is 3.31. The van der Waals surface area contributed by atoms with Crippen LogP contribution in [0.1, 0.15) is 5.56 Å². The van der Waals surface area contributed by atoms with E-state index < -0.39 is 15.9 Å². The van der Waals surface area contributed by atoms with Gasteiger partial charge in [0, 0.05) is 0 Å². The van der Waals surface area contributed by atoms with E-state index in [1.807, 2.05) is 30.3 Å². The van der Waals surface area contributed by atoms with Gasteiger partial charge >= 0.3 is 0 Å². The molecule has 0 bridgehead atoms. The van der Waals surface area contributed by atoms with Crippen molar-refractivity contribution in [2.24, 2.45) is 0 Å². The summed E-state index contributed by atoms with van der Waals surface area (Å²) in [5.41, 5.74) is 0.929. The molecule has 19 heavy (non-hydrogen) atoms. The Morgan fingerprint density at radius 1 is 0.895 bits per heavy atom. The zero-order valence-corrected chi connectivity index (χ0v) is 11.3. The third-order valence-electron chi connectivity index (χ3n) is 2.83. The van der Waals surface area contributed by atoms with Crippen molar-refractivity contribution >= 4 is 9.84 Å². The molecule has 4 heteroatoms. The van der Waals surface area contributed by atoms with Gasteiger partial charge in [0.15, 0.2) is 9.84 Å². The van der Waals surface area contributed by atoms with Gasteiger partial charge < -0.3 is 5.11 Å². The summed E-state index contributed by atoms with van der Waals surface area (Å²) in [6.07, 6.45) is -0.556. The molecule has 1 N–H and O–H groups in total. The predicted octanol–water partition coefficient (Wildman–Crippen LogP) is 2.06. The van der Waals surface area contributed by atoms with Gasteiger partial charge in [0.1, 0.15) is 0 Å². The van der Waals surface area contributed by atoms with Gasteiger partial charge in [-0.25, -0.2) is 8.42 Å². The highest BCUT2D eigenvalue weighted by molar-refractivity contribution is 7.91. The predicted molar refractivity (Wildman–Crippen MR) is 74.6 cm³/mol. The van der Waals surface area contributed by atoms with Crippen LogP contribution in [0.2, 0.25) is 0 Å². The minimum Gasteiger partial charge on any atom is -0.392 e. The lowest BCUT2D eigenvalue weighted by atomic mass is 10.1. The summed E-state index contributed by atoms with van der Waals surface area (Å²) in [5.74, 6) is -0.258. The largest absolute Gasteiger partial charge is 0.392 e. The molecule has 0 fully saturated rings. The molecule has 0 heterocycles. The molecule has 0 saturated heterocycles. The summed E-state index contributed by atoms with van der Waals surface area (Å²) < 4.78 is 24.1. The van der Waals surface area contributed by atoms with Gasteiger partial charge in [-0.15, -0.1) is 0 Å². The van der Waals surface area contributed by atoms with Crippen LogP contribution < -0.4 is 0 Å². The van der Waals surface area contributed by atoms with Crippen LogP contribution in [0, 0.1) is 0 Å². The van der Waals surface area contributed by atoms with E-state index in [2.05, 4.69) is 0 Å². The first-order valence-corrected chi connectivity index (χ1v) is 7.73. The van der Waals surface area contributed by atoms with Crippen molar-refractivity contribution in [1.82, 2.24) is 0 Å². The Hall–Kier alpha value is -1.65. The van der Waals surface area contributed by atoms with E-state index in [1.165, 1.54) is 0 Å². The SMILES string of the molecule is O=S(=O)(C[C@@H](O)Cc1ccccc1)c1ccccc1. The van der Waals surface area contributed by atoms with Gasteiger partial charge in [-0.05, 0) is 24.1 Å². The van der Waals surface area contributed by atoms with Gasteiger partial charge in [0.25, 0.3) is 0 Å². The molecule has 2 aromatic rings. The third kappa shape index (κ3) is 3.91. The maximum absolute atomic E-state index is 12.1. The van der Waals surface area contributed by atoms with Crippen molar-refractivity contribution in [2.45, 2.75) is 17.4 Å². The van der Waals surface area contributed by atoms with Gasteiger partial charge in [-0.2, -0.15) is 0 Å². The minimum atomic E-state index is -3.43. The van der Waals surface area contributed by atoms with Crippen LogP contribution in [-0.4, -0.2) is 25.4 Å². The fraction of sp³-hybridized carbons (Fsp3) is 0.200. The van der Waals surface area contributed by atoms with E-state index in [9.17, 15) is 13.5 Å². The zero-order chi connectivity index (χ0) is 13.7. The van der Waals surface area contributed by atoms with Gasteiger partial charge in [0.05, 0.1) is 16.8 Å². The van der Waals surface area contributed by atoms with E-state index in [0.717, 1.165) is 5.56 Å². The Labute approximate surface area is 113 Å². The topological polar surface area (TPSA) is 54.4 Å². The van der Waals surface area contributed by atoms with Gasteiger partial charge in [-0.3, -0.25) is 0 Å².